The van der Waals surface area contributed by atoms with Crippen molar-refractivity contribution in [3.63, 3.8) is 0 Å². The van der Waals surface area contributed by atoms with Crippen LogP contribution in [0.25, 0.3) is 22.2 Å². The Kier molecular flexibility index (Phi) is 9.16. The van der Waals surface area contributed by atoms with Gasteiger partial charge in [0.15, 0.2) is 0 Å². The first-order valence-electron chi connectivity index (χ1n) is 13.8. The average Bonchev–Trinajstić information content (AvgIpc) is 2.92. The molecule has 10 heteroatoms. The van der Waals surface area contributed by atoms with Crippen LogP contribution in [-0.2, 0) is 9.53 Å². The number of benzene rings is 2. The Labute approximate surface area is 238 Å². The van der Waals surface area contributed by atoms with Gasteiger partial charge in [0.05, 0.1) is 30.0 Å². The number of halogens is 1. The predicted octanol–water partition coefficient (Wildman–Crippen LogP) is 4.49. The van der Waals surface area contributed by atoms with Crippen molar-refractivity contribution in [3.05, 3.63) is 40.9 Å². The zero-order valence-corrected chi connectivity index (χ0v) is 23.9. The van der Waals surface area contributed by atoms with E-state index in [0.717, 1.165) is 73.1 Å². The number of nitrogen functional groups attached to an aromatic ring is 2. The Hall–Kier alpha value is -2.95. The van der Waals surface area contributed by atoms with Crippen molar-refractivity contribution in [3.8, 4) is 17.0 Å². The van der Waals surface area contributed by atoms with Crippen LogP contribution >= 0.6 is 15.9 Å². The lowest BCUT2D eigenvalue weighted by Crippen LogP contribution is -2.48. The van der Waals surface area contributed by atoms with E-state index >= 15 is 0 Å². The van der Waals surface area contributed by atoms with Crippen LogP contribution in [0.15, 0.2) is 40.9 Å². The first kappa shape index (κ1) is 27.6. The van der Waals surface area contributed by atoms with Gasteiger partial charge in [0, 0.05) is 54.2 Å². The highest BCUT2D eigenvalue weighted by Crippen LogP contribution is 2.34. The van der Waals surface area contributed by atoms with Gasteiger partial charge in [0.25, 0.3) is 0 Å². The number of rotatable bonds is 9. The molecule has 2 fully saturated rings. The first-order chi connectivity index (χ1) is 18.9. The summed E-state index contributed by atoms with van der Waals surface area (Å²) < 4.78 is 12.7. The number of hydrogen-bond donors (Lipinski definition) is 2. The third-order valence-corrected chi connectivity index (χ3v) is 7.98. The summed E-state index contributed by atoms with van der Waals surface area (Å²) in [6.07, 6.45) is 6.63. The van der Waals surface area contributed by atoms with Crippen LogP contribution in [0, 0.1) is 0 Å². The van der Waals surface area contributed by atoms with Gasteiger partial charge in [-0.25, -0.2) is 9.97 Å². The standard InChI is InChI=1S/C29H37BrN6O3/c30-21-7-4-6-20(16-21)28-23-17-24(31)26(18-25(23)33-29(32)34-28)38-15-5-10-35-11-13-36(14-12-35)19-27(37)39-22-8-2-1-3-9-22/h4,6-7,16-18,22H,1-3,5,8-15,19,31H2,(H2,32,33,34). The second-order valence-corrected chi connectivity index (χ2v) is 11.3. The molecular formula is C29H37BrN6O3. The Morgan fingerprint density at radius 1 is 1.00 bits per heavy atom. The number of carbonyl (C=O) groups excluding carboxylic acids is 1. The molecule has 3 aromatic rings. The molecule has 2 heterocycles. The summed E-state index contributed by atoms with van der Waals surface area (Å²) >= 11 is 3.52. The molecule has 0 unspecified atom stereocenters. The van der Waals surface area contributed by atoms with Crippen LogP contribution in [0.5, 0.6) is 5.75 Å². The molecule has 1 aliphatic carbocycles. The largest absolute Gasteiger partial charge is 0.491 e. The van der Waals surface area contributed by atoms with Crippen LogP contribution in [0.4, 0.5) is 11.6 Å². The van der Waals surface area contributed by atoms with E-state index in [1.54, 1.807) is 0 Å². The fourth-order valence-electron chi connectivity index (χ4n) is 5.40. The van der Waals surface area contributed by atoms with Gasteiger partial charge < -0.3 is 25.8 Å². The molecule has 1 saturated carbocycles. The van der Waals surface area contributed by atoms with E-state index in [1.807, 2.05) is 36.4 Å². The average molecular weight is 598 g/mol. The van der Waals surface area contributed by atoms with Crippen LogP contribution in [0.2, 0.25) is 0 Å². The van der Waals surface area contributed by atoms with Crippen molar-refractivity contribution < 1.29 is 14.3 Å². The van der Waals surface area contributed by atoms with Gasteiger partial charge >= 0.3 is 5.97 Å². The normalized spacial score (nSPS) is 17.4. The van der Waals surface area contributed by atoms with Crippen molar-refractivity contribution in [1.29, 1.82) is 0 Å². The highest BCUT2D eigenvalue weighted by Gasteiger charge is 2.22. The number of ether oxygens (including phenoxy) is 2. The summed E-state index contributed by atoms with van der Waals surface area (Å²) in [5.74, 6) is 0.726. The van der Waals surface area contributed by atoms with Crippen LogP contribution in [-0.4, -0.2) is 77.7 Å². The van der Waals surface area contributed by atoms with E-state index in [-0.39, 0.29) is 18.0 Å². The Morgan fingerprint density at radius 3 is 2.54 bits per heavy atom. The third kappa shape index (κ3) is 7.38. The van der Waals surface area contributed by atoms with Gasteiger partial charge in [0.2, 0.25) is 5.95 Å². The molecule has 4 N–H and O–H groups in total. The molecule has 2 aliphatic rings. The van der Waals surface area contributed by atoms with Crippen molar-refractivity contribution >= 4 is 44.4 Å². The first-order valence-corrected chi connectivity index (χ1v) is 14.6. The SMILES string of the molecule is Nc1nc(-c2cccc(Br)c2)c2cc(N)c(OCCCN3CCN(CC(=O)OC4CCCCC4)CC3)cc2n1. The lowest BCUT2D eigenvalue weighted by atomic mass is 9.98. The molecule has 1 saturated heterocycles. The molecular weight excluding hydrogens is 560 g/mol. The minimum absolute atomic E-state index is 0.0764. The minimum atomic E-state index is -0.0764. The van der Waals surface area contributed by atoms with E-state index in [0.29, 0.717) is 30.1 Å². The number of nitrogens with zero attached hydrogens (tertiary/aromatic N) is 4. The fraction of sp³-hybridized carbons (Fsp3) is 0.483. The van der Waals surface area contributed by atoms with E-state index < -0.39 is 0 Å². The van der Waals surface area contributed by atoms with Crippen molar-refractivity contribution in [1.82, 2.24) is 19.8 Å². The van der Waals surface area contributed by atoms with Gasteiger partial charge in [-0.3, -0.25) is 9.69 Å². The quantitative estimate of drug-likeness (QED) is 0.209. The van der Waals surface area contributed by atoms with E-state index in [9.17, 15) is 4.79 Å². The van der Waals surface area contributed by atoms with Crippen molar-refractivity contribution in [2.45, 2.75) is 44.6 Å². The van der Waals surface area contributed by atoms with E-state index in [1.165, 1.54) is 19.3 Å². The maximum Gasteiger partial charge on any atom is 0.320 e. The number of carbonyl (C=O) groups is 1. The van der Waals surface area contributed by atoms with E-state index in [4.69, 9.17) is 20.9 Å². The fourth-order valence-corrected chi connectivity index (χ4v) is 5.80. The highest BCUT2D eigenvalue weighted by molar-refractivity contribution is 9.10. The highest BCUT2D eigenvalue weighted by atomic mass is 79.9. The van der Waals surface area contributed by atoms with Gasteiger partial charge in [-0.1, -0.05) is 34.5 Å². The number of nitrogens with two attached hydrogens (primary N) is 2. The zero-order valence-electron chi connectivity index (χ0n) is 22.3. The Bertz CT molecular complexity index is 1290. The third-order valence-electron chi connectivity index (χ3n) is 7.49. The Balaban J connectivity index is 1.09. The summed E-state index contributed by atoms with van der Waals surface area (Å²) in [6.45, 7) is 5.48. The van der Waals surface area contributed by atoms with Crippen LogP contribution < -0.4 is 16.2 Å². The topological polar surface area (TPSA) is 120 Å². The molecule has 0 amide bonds. The van der Waals surface area contributed by atoms with Gasteiger partial charge in [0.1, 0.15) is 11.9 Å². The number of piperazine rings is 1. The van der Waals surface area contributed by atoms with Gasteiger partial charge in [-0.05, 0) is 50.3 Å². The van der Waals surface area contributed by atoms with Gasteiger partial charge in [-0.2, -0.15) is 0 Å². The number of esters is 1. The molecule has 208 valence electrons. The number of fused-ring (bicyclic) bond motifs is 1. The molecule has 0 radical (unpaired) electrons. The summed E-state index contributed by atoms with van der Waals surface area (Å²) in [5, 5.41) is 0.827. The molecule has 2 aromatic carbocycles. The summed E-state index contributed by atoms with van der Waals surface area (Å²) in [5.41, 5.74) is 15.3. The predicted molar refractivity (Wildman–Crippen MR) is 157 cm³/mol. The monoisotopic (exact) mass is 596 g/mol. The van der Waals surface area contributed by atoms with Gasteiger partial charge in [-0.15, -0.1) is 0 Å². The molecule has 1 aliphatic heterocycles. The lowest BCUT2D eigenvalue weighted by Gasteiger charge is -2.34. The minimum Gasteiger partial charge on any atom is -0.491 e. The second kappa shape index (κ2) is 12.9. The number of anilines is 2. The van der Waals surface area contributed by atoms with Crippen molar-refractivity contribution in [2.75, 3.05) is 57.3 Å². The zero-order chi connectivity index (χ0) is 27.2. The molecule has 1 aromatic heterocycles. The maximum atomic E-state index is 12.3. The molecule has 0 atom stereocenters. The molecule has 0 bridgehead atoms. The van der Waals surface area contributed by atoms with Crippen molar-refractivity contribution in [2.24, 2.45) is 0 Å². The second-order valence-electron chi connectivity index (χ2n) is 10.4. The maximum absolute atomic E-state index is 12.3. The summed E-state index contributed by atoms with van der Waals surface area (Å²) in [4.78, 5) is 25.8. The Morgan fingerprint density at radius 2 is 1.77 bits per heavy atom. The summed E-state index contributed by atoms with van der Waals surface area (Å²) in [6, 6.07) is 11.6. The van der Waals surface area contributed by atoms with Crippen LogP contribution in [0.1, 0.15) is 38.5 Å². The van der Waals surface area contributed by atoms with Crippen LogP contribution in [0.3, 0.4) is 0 Å². The molecule has 5 rings (SSSR count). The van der Waals surface area contributed by atoms with E-state index in [2.05, 4.69) is 35.7 Å². The number of aromatic nitrogens is 2. The molecule has 39 heavy (non-hydrogen) atoms. The molecule has 0 spiro atoms. The molecule has 9 nitrogen and oxygen atoms in total. The smallest absolute Gasteiger partial charge is 0.320 e. The number of hydrogen-bond acceptors (Lipinski definition) is 9. The lowest BCUT2D eigenvalue weighted by molar-refractivity contribution is -0.152. The summed E-state index contributed by atoms with van der Waals surface area (Å²) in [7, 11) is 0.